The van der Waals surface area contributed by atoms with E-state index in [-0.39, 0.29) is 0 Å². The molecule has 0 radical (unpaired) electrons. The molecule has 4 nitrogen and oxygen atoms in total. The van der Waals surface area contributed by atoms with Crippen LogP contribution in [-0.4, -0.2) is 23.3 Å². The Morgan fingerprint density at radius 1 is 1.00 bits per heavy atom. The van der Waals surface area contributed by atoms with Crippen LogP contribution in [0, 0.1) is 22.9 Å². The van der Waals surface area contributed by atoms with Crippen molar-refractivity contribution in [3.05, 3.63) is 65.5 Å². The standard InChI is InChI=1S/C20H21F3N2O2/c1-4-25(12-13-8-6-5-7-9-13)19(27)20(2,3)18(26)24-15-11-10-14(21)16(22)17(15)23/h5-11H,4,12H2,1-3H3,(H,24,26). The molecule has 7 heteroatoms. The Labute approximate surface area is 156 Å². The lowest BCUT2D eigenvalue weighted by Gasteiger charge is -2.30. The van der Waals surface area contributed by atoms with E-state index in [1.165, 1.54) is 18.7 Å². The van der Waals surface area contributed by atoms with Crippen molar-refractivity contribution in [1.29, 1.82) is 0 Å². The highest BCUT2D eigenvalue weighted by Gasteiger charge is 2.39. The second kappa shape index (κ2) is 8.24. The van der Waals surface area contributed by atoms with E-state index in [0.717, 1.165) is 11.6 Å². The number of rotatable bonds is 6. The second-order valence-electron chi connectivity index (χ2n) is 6.61. The Kier molecular flexibility index (Phi) is 6.25. The summed E-state index contributed by atoms with van der Waals surface area (Å²) in [7, 11) is 0. The van der Waals surface area contributed by atoms with Gasteiger partial charge in [0.1, 0.15) is 5.41 Å². The summed E-state index contributed by atoms with van der Waals surface area (Å²) < 4.78 is 40.2. The number of benzene rings is 2. The van der Waals surface area contributed by atoms with Crippen molar-refractivity contribution in [2.45, 2.75) is 27.3 Å². The molecule has 1 N–H and O–H groups in total. The van der Waals surface area contributed by atoms with Gasteiger partial charge in [-0.15, -0.1) is 0 Å². The molecule has 2 rings (SSSR count). The summed E-state index contributed by atoms with van der Waals surface area (Å²) in [5.41, 5.74) is -1.16. The van der Waals surface area contributed by atoms with Crippen LogP contribution in [0.5, 0.6) is 0 Å². The summed E-state index contributed by atoms with van der Waals surface area (Å²) in [6.45, 7) is 5.26. The second-order valence-corrected chi connectivity index (χ2v) is 6.61. The van der Waals surface area contributed by atoms with Crippen molar-refractivity contribution in [3.63, 3.8) is 0 Å². The van der Waals surface area contributed by atoms with Gasteiger partial charge in [0, 0.05) is 13.1 Å². The molecule has 0 atom stereocenters. The van der Waals surface area contributed by atoms with E-state index in [1.807, 2.05) is 30.3 Å². The first-order chi connectivity index (χ1) is 12.7. The summed E-state index contributed by atoms with van der Waals surface area (Å²) in [5.74, 6) is -5.83. The van der Waals surface area contributed by atoms with Gasteiger partial charge in [-0.1, -0.05) is 30.3 Å². The van der Waals surface area contributed by atoms with Crippen LogP contribution in [0.4, 0.5) is 18.9 Å². The molecule has 2 amide bonds. The Morgan fingerprint density at radius 2 is 1.63 bits per heavy atom. The fourth-order valence-corrected chi connectivity index (χ4v) is 2.52. The molecule has 2 aromatic carbocycles. The molecule has 0 aliphatic heterocycles. The maximum Gasteiger partial charge on any atom is 0.239 e. The van der Waals surface area contributed by atoms with E-state index in [1.54, 1.807) is 6.92 Å². The Bertz CT molecular complexity index is 839. The summed E-state index contributed by atoms with van der Waals surface area (Å²) in [6.07, 6.45) is 0. The lowest BCUT2D eigenvalue weighted by atomic mass is 9.89. The maximum atomic E-state index is 13.8. The molecule has 0 aliphatic carbocycles. The first-order valence-corrected chi connectivity index (χ1v) is 8.46. The molecule has 0 unspecified atom stereocenters. The number of hydrogen-bond acceptors (Lipinski definition) is 2. The van der Waals surface area contributed by atoms with Gasteiger partial charge in [-0.3, -0.25) is 9.59 Å². The van der Waals surface area contributed by atoms with E-state index >= 15 is 0 Å². The SMILES string of the molecule is CCN(Cc1ccccc1)C(=O)C(C)(C)C(=O)Nc1ccc(F)c(F)c1F. The zero-order valence-corrected chi connectivity index (χ0v) is 15.4. The molecule has 0 heterocycles. The minimum Gasteiger partial charge on any atom is -0.338 e. The van der Waals surface area contributed by atoms with Crippen molar-refractivity contribution >= 4 is 17.5 Å². The lowest BCUT2D eigenvalue weighted by molar-refractivity contribution is -0.146. The number of carbonyl (C=O) groups is 2. The molecular formula is C20H21F3N2O2. The summed E-state index contributed by atoms with van der Waals surface area (Å²) >= 11 is 0. The zero-order chi connectivity index (χ0) is 20.2. The van der Waals surface area contributed by atoms with Gasteiger partial charge < -0.3 is 10.2 Å². The van der Waals surface area contributed by atoms with Gasteiger partial charge in [-0.25, -0.2) is 13.2 Å². The monoisotopic (exact) mass is 378 g/mol. The first kappa shape index (κ1) is 20.5. The lowest BCUT2D eigenvalue weighted by Crippen LogP contribution is -2.47. The smallest absolute Gasteiger partial charge is 0.239 e. The van der Waals surface area contributed by atoms with E-state index in [4.69, 9.17) is 0 Å². The van der Waals surface area contributed by atoms with Gasteiger partial charge in [0.2, 0.25) is 11.8 Å². The van der Waals surface area contributed by atoms with Gasteiger partial charge in [0.15, 0.2) is 17.5 Å². The number of carbonyl (C=O) groups excluding carboxylic acids is 2. The van der Waals surface area contributed by atoms with Gasteiger partial charge >= 0.3 is 0 Å². The predicted octanol–water partition coefficient (Wildman–Crippen LogP) is 4.12. The average molecular weight is 378 g/mol. The highest BCUT2D eigenvalue weighted by atomic mass is 19.2. The third kappa shape index (κ3) is 4.48. The molecule has 27 heavy (non-hydrogen) atoms. The number of nitrogens with zero attached hydrogens (tertiary/aromatic N) is 1. The number of halogens is 3. The van der Waals surface area contributed by atoms with Crippen LogP contribution in [0.1, 0.15) is 26.3 Å². The van der Waals surface area contributed by atoms with Crippen molar-refractivity contribution < 1.29 is 22.8 Å². The molecule has 0 saturated carbocycles. The van der Waals surface area contributed by atoms with Crippen LogP contribution in [-0.2, 0) is 16.1 Å². The number of nitrogens with one attached hydrogen (secondary N) is 1. The van der Waals surface area contributed by atoms with Crippen molar-refractivity contribution in [2.24, 2.45) is 5.41 Å². The van der Waals surface area contributed by atoms with E-state index in [2.05, 4.69) is 5.32 Å². The van der Waals surface area contributed by atoms with Gasteiger partial charge in [0.25, 0.3) is 0 Å². The Hall–Kier alpha value is -2.83. The van der Waals surface area contributed by atoms with Crippen LogP contribution >= 0.6 is 0 Å². The highest BCUT2D eigenvalue weighted by molar-refractivity contribution is 6.09. The van der Waals surface area contributed by atoms with Gasteiger partial charge in [-0.05, 0) is 38.5 Å². The molecule has 0 spiro atoms. The largest absolute Gasteiger partial charge is 0.338 e. The first-order valence-electron chi connectivity index (χ1n) is 8.46. The third-order valence-corrected chi connectivity index (χ3v) is 4.27. The number of anilines is 1. The minimum absolute atomic E-state index is 0.312. The van der Waals surface area contributed by atoms with E-state index in [9.17, 15) is 22.8 Å². The highest BCUT2D eigenvalue weighted by Crippen LogP contribution is 2.25. The van der Waals surface area contributed by atoms with Gasteiger partial charge in [-0.2, -0.15) is 0 Å². The molecule has 0 bridgehead atoms. The quantitative estimate of drug-likeness (QED) is 0.607. The fraction of sp³-hybridized carbons (Fsp3) is 0.300. The van der Waals surface area contributed by atoms with Crippen LogP contribution in [0.2, 0.25) is 0 Å². The fourth-order valence-electron chi connectivity index (χ4n) is 2.52. The van der Waals surface area contributed by atoms with Crippen LogP contribution in [0.3, 0.4) is 0 Å². The van der Waals surface area contributed by atoms with Gasteiger partial charge in [0.05, 0.1) is 5.69 Å². The molecule has 2 aromatic rings. The minimum atomic E-state index is -1.68. The Balaban J connectivity index is 2.18. The van der Waals surface area contributed by atoms with Crippen LogP contribution in [0.15, 0.2) is 42.5 Å². The van der Waals surface area contributed by atoms with Crippen LogP contribution in [0.25, 0.3) is 0 Å². The zero-order valence-electron chi connectivity index (χ0n) is 15.4. The predicted molar refractivity (Wildman–Crippen MR) is 96.3 cm³/mol. The van der Waals surface area contributed by atoms with E-state index < -0.39 is 40.4 Å². The van der Waals surface area contributed by atoms with Crippen LogP contribution < -0.4 is 5.32 Å². The number of amides is 2. The summed E-state index contributed by atoms with van der Waals surface area (Å²) in [5, 5.41) is 2.17. The molecule has 0 saturated heterocycles. The summed E-state index contributed by atoms with van der Waals surface area (Å²) in [6, 6.07) is 10.9. The number of hydrogen-bond donors (Lipinski definition) is 1. The molecule has 0 aromatic heterocycles. The maximum absolute atomic E-state index is 13.8. The normalized spacial score (nSPS) is 11.2. The third-order valence-electron chi connectivity index (χ3n) is 4.27. The topological polar surface area (TPSA) is 49.4 Å². The molecule has 144 valence electrons. The van der Waals surface area contributed by atoms with Crippen molar-refractivity contribution in [3.8, 4) is 0 Å². The molecule has 0 fully saturated rings. The molecular weight excluding hydrogens is 357 g/mol. The van der Waals surface area contributed by atoms with Crippen molar-refractivity contribution in [2.75, 3.05) is 11.9 Å². The average Bonchev–Trinajstić information content (AvgIpc) is 2.66. The van der Waals surface area contributed by atoms with E-state index in [0.29, 0.717) is 19.2 Å². The molecule has 0 aliphatic rings. The van der Waals surface area contributed by atoms with Crippen molar-refractivity contribution in [1.82, 2.24) is 4.90 Å². The summed E-state index contributed by atoms with van der Waals surface area (Å²) in [4.78, 5) is 26.9. The Morgan fingerprint density at radius 3 is 2.22 bits per heavy atom.